The predicted molar refractivity (Wildman–Crippen MR) is 145 cm³/mol. The van der Waals surface area contributed by atoms with Crippen LogP contribution in [0, 0.1) is 0 Å². The summed E-state index contributed by atoms with van der Waals surface area (Å²) in [6, 6.07) is 14.2. The van der Waals surface area contributed by atoms with E-state index in [1.807, 2.05) is 48.5 Å². The zero-order valence-corrected chi connectivity index (χ0v) is 22.8. The minimum atomic E-state index is -1.17. The number of rotatable bonds is 9. The van der Waals surface area contributed by atoms with Crippen molar-refractivity contribution in [3.8, 4) is 11.1 Å². The number of carbonyl (C=O) groups excluding carboxylic acids is 3. The van der Waals surface area contributed by atoms with Crippen LogP contribution in [-0.4, -0.2) is 84.7 Å². The number of benzene rings is 2. The lowest BCUT2D eigenvalue weighted by molar-refractivity contribution is -0.141. The summed E-state index contributed by atoms with van der Waals surface area (Å²) in [5.41, 5.74) is 3.68. The Labute approximate surface area is 232 Å². The van der Waals surface area contributed by atoms with E-state index in [4.69, 9.17) is 14.2 Å². The second kappa shape index (κ2) is 12.4. The molecule has 1 aliphatic carbocycles. The normalized spacial score (nSPS) is 18.0. The first kappa shape index (κ1) is 28.9. The molecule has 2 atom stereocenters. The summed E-state index contributed by atoms with van der Waals surface area (Å²) >= 11 is 0. The average molecular weight is 554 g/mol. The van der Waals surface area contributed by atoms with Gasteiger partial charge in [-0.15, -0.1) is 0 Å². The summed E-state index contributed by atoms with van der Waals surface area (Å²) in [6.07, 6.45) is -1.28. The Balaban J connectivity index is 1.25. The zero-order valence-electron chi connectivity index (χ0n) is 22.8. The number of hydrogen-bond donors (Lipinski definition) is 3. The fourth-order valence-corrected chi connectivity index (χ4v) is 5.03. The molecular weight excluding hydrogens is 518 g/mol. The number of ether oxygens (including phenoxy) is 3. The topological polar surface area (TPSA) is 143 Å². The van der Waals surface area contributed by atoms with Gasteiger partial charge in [0.05, 0.1) is 6.61 Å². The summed E-state index contributed by atoms with van der Waals surface area (Å²) in [6.45, 7) is 5.27. The Morgan fingerprint density at radius 1 is 1.00 bits per heavy atom. The molecule has 2 aromatic rings. The van der Waals surface area contributed by atoms with Crippen LogP contribution in [0.1, 0.15) is 44.2 Å². The molecule has 1 heterocycles. The van der Waals surface area contributed by atoms with Gasteiger partial charge in [-0.05, 0) is 43.0 Å². The van der Waals surface area contributed by atoms with Crippen molar-refractivity contribution in [3.05, 3.63) is 59.7 Å². The summed E-state index contributed by atoms with van der Waals surface area (Å²) < 4.78 is 16.0. The van der Waals surface area contributed by atoms with Crippen molar-refractivity contribution in [2.45, 2.75) is 50.8 Å². The molecule has 2 aromatic carbocycles. The molecule has 2 aliphatic rings. The molecule has 1 saturated heterocycles. The van der Waals surface area contributed by atoms with Crippen LogP contribution in [0.15, 0.2) is 48.5 Å². The number of carbonyl (C=O) groups is 4. The van der Waals surface area contributed by atoms with Gasteiger partial charge in [0.25, 0.3) is 0 Å². The fraction of sp³-hybridized carbons (Fsp3) is 0.448. The van der Waals surface area contributed by atoms with E-state index >= 15 is 0 Å². The van der Waals surface area contributed by atoms with E-state index in [1.54, 1.807) is 20.8 Å². The van der Waals surface area contributed by atoms with Gasteiger partial charge in [-0.3, -0.25) is 9.69 Å². The van der Waals surface area contributed by atoms with Crippen molar-refractivity contribution in [2.75, 3.05) is 32.9 Å². The van der Waals surface area contributed by atoms with E-state index in [2.05, 4.69) is 10.6 Å². The smallest absolute Gasteiger partial charge is 0.410 e. The molecule has 11 heteroatoms. The highest BCUT2D eigenvalue weighted by Crippen LogP contribution is 2.44. The van der Waals surface area contributed by atoms with E-state index in [1.165, 1.54) is 0 Å². The van der Waals surface area contributed by atoms with Gasteiger partial charge >= 0.3 is 18.2 Å². The molecule has 0 unspecified atom stereocenters. The van der Waals surface area contributed by atoms with Crippen LogP contribution in [0.3, 0.4) is 0 Å². The third kappa shape index (κ3) is 7.09. The van der Waals surface area contributed by atoms with Gasteiger partial charge in [0.2, 0.25) is 5.91 Å². The molecule has 4 rings (SSSR count). The Bertz CT molecular complexity index is 1210. The molecule has 0 spiro atoms. The van der Waals surface area contributed by atoms with Crippen molar-refractivity contribution in [2.24, 2.45) is 0 Å². The van der Waals surface area contributed by atoms with Crippen LogP contribution >= 0.6 is 0 Å². The third-order valence-electron chi connectivity index (χ3n) is 6.67. The van der Waals surface area contributed by atoms with Gasteiger partial charge in [-0.25, -0.2) is 14.4 Å². The van der Waals surface area contributed by atoms with Crippen LogP contribution in [0.4, 0.5) is 9.59 Å². The molecular formula is C29H35N3O8. The summed E-state index contributed by atoms with van der Waals surface area (Å²) in [7, 11) is 0. The number of hydrogen-bond acceptors (Lipinski definition) is 7. The van der Waals surface area contributed by atoms with Crippen molar-refractivity contribution >= 4 is 24.1 Å². The number of fused-ring (bicyclic) bond motifs is 3. The second-order valence-electron chi connectivity index (χ2n) is 10.8. The molecule has 3 N–H and O–H groups in total. The van der Waals surface area contributed by atoms with E-state index < -0.39 is 41.7 Å². The highest BCUT2D eigenvalue weighted by Gasteiger charge is 2.41. The largest absolute Gasteiger partial charge is 0.480 e. The lowest BCUT2D eigenvalue weighted by Gasteiger charge is -2.22. The molecule has 0 saturated carbocycles. The van der Waals surface area contributed by atoms with Crippen molar-refractivity contribution in [1.82, 2.24) is 15.5 Å². The second-order valence-corrected chi connectivity index (χ2v) is 10.8. The van der Waals surface area contributed by atoms with E-state index in [-0.39, 0.29) is 45.2 Å². The molecule has 11 nitrogen and oxygen atoms in total. The van der Waals surface area contributed by atoms with Crippen molar-refractivity contribution < 1.29 is 38.5 Å². The number of amides is 3. The highest BCUT2D eigenvalue weighted by molar-refractivity contribution is 5.83. The Kier molecular flexibility index (Phi) is 8.93. The van der Waals surface area contributed by atoms with E-state index in [9.17, 15) is 24.3 Å². The number of alkyl carbamates (subject to hydrolysis) is 1. The number of aliphatic carboxylic acids is 1. The maximum Gasteiger partial charge on any atom is 0.410 e. The number of likely N-dealkylation sites (tertiary alicyclic amines) is 1. The summed E-state index contributed by atoms with van der Waals surface area (Å²) in [5, 5.41) is 14.9. The van der Waals surface area contributed by atoms with Crippen LogP contribution in [0.2, 0.25) is 0 Å². The number of nitrogens with one attached hydrogen (secondary N) is 2. The summed E-state index contributed by atoms with van der Waals surface area (Å²) in [5.74, 6) is -1.78. The van der Waals surface area contributed by atoms with Crippen molar-refractivity contribution in [1.29, 1.82) is 0 Å². The molecule has 3 amide bonds. The first-order valence-electron chi connectivity index (χ1n) is 13.2. The molecule has 0 radical (unpaired) electrons. The van der Waals surface area contributed by atoms with Gasteiger partial charge in [0, 0.05) is 31.5 Å². The number of nitrogens with zero attached hydrogens (tertiary/aromatic N) is 1. The van der Waals surface area contributed by atoms with Gasteiger partial charge in [0.15, 0.2) is 0 Å². The molecule has 1 fully saturated rings. The van der Waals surface area contributed by atoms with Gasteiger partial charge in [-0.1, -0.05) is 48.5 Å². The van der Waals surface area contributed by atoms with Gasteiger partial charge in [-0.2, -0.15) is 0 Å². The quantitative estimate of drug-likeness (QED) is 0.402. The van der Waals surface area contributed by atoms with E-state index in [0.717, 1.165) is 27.2 Å². The third-order valence-corrected chi connectivity index (χ3v) is 6.67. The molecule has 40 heavy (non-hydrogen) atoms. The zero-order chi connectivity index (χ0) is 28.9. The maximum absolute atomic E-state index is 13.0. The SMILES string of the molecule is CC(C)(C)OC(=O)NCCOCC(=O)N[C@@H]1C[C@@H](C(=O)O)N(C(=O)OCC2c3ccccc3-c3ccccc32)C1. The first-order chi connectivity index (χ1) is 19.0. The van der Waals surface area contributed by atoms with Gasteiger partial charge < -0.3 is 30.0 Å². The fourth-order valence-electron chi connectivity index (χ4n) is 5.03. The van der Waals surface area contributed by atoms with Crippen LogP contribution in [0.5, 0.6) is 0 Å². The lowest BCUT2D eigenvalue weighted by Crippen LogP contribution is -2.42. The molecule has 0 bridgehead atoms. The number of carboxylic acids is 1. The Morgan fingerprint density at radius 2 is 1.62 bits per heavy atom. The highest BCUT2D eigenvalue weighted by atomic mass is 16.6. The standard InChI is InChI=1S/C29H35N3O8/c1-29(2,3)40-27(36)30-12-13-38-17-25(33)31-18-14-24(26(34)35)32(15-18)28(37)39-16-23-21-10-6-4-8-19(21)20-9-5-7-11-22(20)23/h4-11,18,23-24H,12-17H2,1-3H3,(H,30,36)(H,31,33)(H,34,35)/t18-,24+/m1/s1. The molecule has 1 aliphatic heterocycles. The van der Waals surface area contributed by atoms with Crippen LogP contribution in [-0.2, 0) is 23.8 Å². The number of carboxylic acid groups (broad SMARTS) is 1. The maximum atomic E-state index is 13.0. The molecule has 0 aromatic heterocycles. The first-order valence-corrected chi connectivity index (χ1v) is 13.2. The monoisotopic (exact) mass is 553 g/mol. The average Bonchev–Trinajstić information content (AvgIpc) is 3.46. The molecule has 214 valence electrons. The lowest BCUT2D eigenvalue weighted by atomic mass is 9.98. The minimum absolute atomic E-state index is 0.000417. The predicted octanol–water partition coefficient (Wildman–Crippen LogP) is 3.12. The Morgan fingerprint density at radius 3 is 2.23 bits per heavy atom. The van der Waals surface area contributed by atoms with Crippen LogP contribution < -0.4 is 10.6 Å². The van der Waals surface area contributed by atoms with E-state index in [0.29, 0.717) is 0 Å². The van der Waals surface area contributed by atoms with Crippen molar-refractivity contribution in [3.63, 3.8) is 0 Å². The minimum Gasteiger partial charge on any atom is -0.480 e. The van der Waals surface area contributed by atoms with Crippen LogP contribution in [0.25, 0.3) is 11.1 Å². The Hall–Kier alpha value is -4.12. The van der Waals surface area contributed by atoms with Gasteiger partial charge in [0.1, 0.15) is 24.9 Å². The summed E-state index contributed by atoms with van der Waals surface area (Å²) in [4.78, 5) is 50.0.